The molecule has 20 heavy (non-hydrogen) atoms. The van der Waals surface area contributed by atoms with Gasteiger partial charge in [-0.15, -0.1) is 0 Å². The first kappa shape index (κ1) is 14.5. The molecule has 1 fully saturated rings. The predicted octanol–water partition coefficient (Wildman–Crippen LogP) is -0.151. The number of hydrogen-bond donors (Lipinski definition) is 2. The number of hydrogen-bond acceptors (Lipinski definition) is 3. The molecule has 6 heteroatoms. The summed E-state index contributed by atoms with van der Waals surface area (Å²) in [6.07, 6.45) is 5.63. The lowest BCUT2D eigenvalue weighted by atomic mass is 10.2. The number of aromatic nitrogens is 1. The highest BCUT2D eigenvalue weighted by molar-refractivity contribution is 5.93. The zero-order valence-electron chi connectivity index (χ0n) is 11.9. The number of nitrogens with zero attached hydrogens (tertiary/aromatic N) is 2. The summed E-state index contributed by atoms with van der Waals surface area (Å²) in [5.74, 6) is -0.116. The molecule has 1 atom stereocenters. The first-order valence-corrected chi connectivity index (χ1v) is 6.87. The third kappa shape index (κ3) is 3.33. The van der Waals surface area contributed by atoms with E-state index in [0.717, 1.165) is 19.4 Å². The van der Waals surface area contributed by atoms with Gasteiger partial charge in [0.15, 0.2) is 12.4 Å². The summed E-state index contributed by atoms with van der Waals surface area (Å²) in [5.41, 5.74) is 5.62. The van der Waals surface area contributed by atoms with Crippen LogP contribution >= 0.6 is 0 Å². The molecule has 1 aliphatic heterocycles. The van der Waals surface area contributed by atoms with Crippen LogP contribution in [0.25, 0.3) is 0 Å². The molecule has 2 N–H and O–H groups in total. The van der Waals surface area contributed by atoms with Crippen LogP contribution in [0.3, 0.4) is 0 Å². The second kappa shape index (κ2) is 6.47. The molecule has 1 aliphatic rings. The molecule has 0 bridgehead atoms. The van der Waals surface area contributed by atoms with E-state index in [-0.39, 0.29) is 18.4 Å². The van der Waals surface area contributed by atoms with Crippen molar-refractivity contribution in [1.29, 1.82) is 0 Å². The third-order valence-electron chi connectivity index (χ3n) is 3.55. The first-order valence-electron chi connectivity index (χ1n) is 6.87. The van der Waals surface area contributed by atoms with Crippen LogP contribution in [0.1, 0.15) is 30.1 Å². The number of carbonyl (C=O) groups excluding carboxylic acids is 2. The second-order valence-electron chi connectivity index (χ2n) is 5.05. The van der Waals surface area contributed by atoms with Crippen molar-refractivity contribution in [3.05, 3.63) is 30.1 Å². The van der Waals surface area contributed by atoms with Gasteiger partial charge in [0, 0.05) is 25.7 Å². The van der Waals surface area contributed by atoms with Crippen LogP contribution in [0.15, 0.2) is 24.5 Å². The van der Waals surface area contributed by atoms with E-state index in [9.17, 15) is 9.59 Å². The van der Waals surface area contributed by atoms with E-state index in [1.165, 1.54) is 0 Å². The number of likely N-dealkylation sites (tertiary alicyclic amines) is 1. The Balaban J connectivity index is 2.04. The van der Waals surface area contributed by atoms with Gasteiger partial charge in [0.2, 0.25) is 6.54 Å². The van der Waals surface area contributed by atoms with Crippen LogP contribution < -0.4 is 15.4 Å². The van der Waals surface area contributed by atoms with Gasteiger partial charge >= 0.3 is 0 Å². The molecule has 1 unspecified atom stereocenters. The maximum absolute atomic E-state index is 12.2. The number of carbonyl (C=O) groups is 2. The van der Waals surface area contributed by atoms with E-state index >= 15 is 0 Å². The lowest BCUT2D eigenvalue weighted by Gasteiger charge is -2.19. The molecular weight excluding hydrogens is 256 g/mol. The molecule has 108 valence electrons. The minimum Gasteiger partial charge on any atom is -0.335 e. The largest absolute Gasteiger partial charge is 0.335 e. The maximum Gasteiger partial charge on any atom is 0.288 e. The van der Waals surface area contributed by atoms with Crippen LogP contribution in [0.4, 0.5) is 0 Å². The zero-order valence-corrected chi connectivity index (χ0v) is 11.9. The van der Waals surface area contributed by atoms with E-state index < -0.39 is 0 Å². The van der Waals surface area contributed by atoms with E-state index in [0.29, 0.717) is 11.6 Å². The van der Waals surface area contributed by atoms with Crippen LogP contribution in [0.5, 0.6) is 0 Å². The predicted molar refractivity (Wildman–Crippen MR) is 73.6 cm³/mol. The minimum absolute atomic E-state index is 0.103. The van der Waals surface area contributed by atoms with Crippen molar-refractivity contribution in [3.8, 4) is 0 Å². The van der Waals surface area contributed by atoms with Crippen LogP contribution in [-0.4, -0.2) is 36.3 Å². The standard InChI is InChI=1S/C14H20N4O2/c1-11-5-3-8-18(11)13(19)10-17-7-4-6-12(9-17)14(20)16-15-2/h4,6-7,9,11,15H,3,5,8,10H2,1-2H3/p+1. The van der Waals surface area contributed by atoms with E-state index in [2.05, 4.69) is 17.8 Å². The second-order valence-corrected chi connectivity index (χ2v) is 5.05. The molecule has 2 rings (SSSR count). The molecule has 0 aromatic carbocycles. The number of hydrazine groups is 1. The lowest BCUT2D eigenvalue weighted by Crippen LogP contribution is -2.46. The Kier molecular flexibility index (Phi) is 4.68. The fourth-order valence-corrected chi connectivity index (χ4v) is 2.49. The quantitative estimate of drug-likeness (QED) is 0.594. The molecule has 1 aromatic heterocycles. The fraction of sp³-hybridized carbons (Fsp3) is 0.500. The average molecular weight is 277 g/mol. The number of nitrogens with one attached hydrogen (secondary N) is 2. The Morgan fingerprint density at radius 3 is 2.95 bits per heavy atom. The van der Waals surface area contributed by atoms with Gasteiger partial charge in [-0.1, -0.05) is 0 Å². The van der Waals surface area contributed by atoms with E-state index in [4.69, 9.17) is 0 Å². The summed E-state index contributed by atoms with van der Waals surface area (Å²) in [4.78, 5) is 25.8. The third-order valence-corrected chi connectivity index (χ3v) is 3.55. The molecular formula is C14H21N4O2+. The molecule has 1 aromatic rings. The van der Waals surface area contributed by atoms with Crippen LogP contribution in [0, 0.1) is 0 Å². The SMILES string of the molecule is CNNC(=O)c1ccc[n+](CC(=O)N2CCCC2C)c1. The van der Waals surface area contributed by atoms with Crippen LogP contribution in [-0.2, 0) is 11.3 Å². The Bertz CT molecular complexity index is 504. The van der Waals surface area contributed by atoms with Gasteiger partial charge in [0.25, 0.3) is 11.8 Å². The zero-order chi connectivity index (χ0) is 14.5. The molecule has 0 spiro atoms. The number of amides is 2. The molecule has 0 radical (unpaired) electrons. The summed E-state index contributed by atoms with van der Waals surface area (Å²) in [6.45, 7) is 3.18. The molecule has 2 heterocycles. The first-order chi connectivity index (χ1) is 9.61. The van der Waals surface area contributed by atoms with Crippen molar-refractivity contribution >= 4 is 11.8 Å². The van der Waals surface area contributed by atoms with E-state index in [1.54, 1.807) is 36.1 Å². The van der Waals surface area contributed by atoms with E-state index in [1.807, 2.05) is 4.90 Å². The van der Waals surface area contributed by atoms with Crippen molar-refractivity contribution < 1.29 is 14.2 Å². The summed E-state index contributed by atoms with van der Waals surface area (Å²) in [7, 11) is 1.63. The molecule has 1 saturated heterocycles. The molecule has 0 saturated carbocycles. The molecule has 0 aliphatic carbocycles. The smallest absolute Gasteiger partial charge is 0.288 e. The normalized spacial score (nSPS) is 18.1. The Morgan fingerprint density at radius 1 is 1.50 bits per heavy atom. The summed E-state index contributed by atoms with van der Waals surface area (Å²) >= 11 is 0. The summed E-state index contributed by atoms with van der Waals surface area (Å²) < 4.78 is 1.75. The van der Waals surface area contributed by atoms with Crippen molar-refractivity contribution in [1.82, 2.24) is 15.8 Å². The Labute approximate surface area is 118 Å². The minimum atomic E-state index is -0.219. The van der Waals surface area contributed by atoms with Gasteiger partial charge < -0.3 is 4.90 Å². The highest BCUT2D eigenvalue weighted by Crippen LogP contribution is 2.16. The monoisotopic (exact) mass is 277 g/mol. The summed E-state index contributed by atoms with van der Waals surface area (Å²) in [5, 5.41) is 0. The fourth-order valence-electron chi connectivity index (χ4n) is 2.49. The Hall–Kier alpha value is -1.95. The van der Waals surface area contributed by atoms with Crippen molar-refractivity contribution in [3.63, 3.8) is 0 Å². The lowest BCUT2D eigenvalue weighted by molar-refractivity contribution is -0.685. The van der Waals surface area contributed by atoms with Crippen molar-refractivity contribution in [2.24, 2.45) is 0 Å². The van der Waals surface area contributed by atoms with Gasteiger partial charge in [-0.05, 0) is 25.8 Å². The van der Waals surface area contributed by atoms with Gasteiger partial charge in [-0.25, -0.2) is 5.43 Å². The highest BCUT2D eigenvalue weighted by Gasteiger charge is 2.27. The maximum atomic E-state index is 12.2. The summed E-state index contributed by atoms with van der Waals surface area (Å²) in [6, 6.07) is 3.80. The van der Waals surface area contributed by atoms with Crippen LogP contribution in [0.2, 0.25) is 0 Å². The van der Waals surface area contributed by atoms with Crippen molar-refractivity contribution in [2.75, 3.05) is 13.6 Å². The number of rotatable bonds is 4. The highest BCUT2D eigenvalue weighted by atomic mass is 16.2. The molecule has 6 nitrogen and oxygen atoms in total. The van der Waals surface area contributed by atoms with Gasteiger partial charge in [-0.3, -0.25) is 15.0 Å². The van der Waals surface area contributed by atoms with Gasteiger partial charge in [0.05, 0.1) is 0 Å². The Morgan fingerprint density at radius 2 is 2.30 bits per heavy atom. The van der Waals surface area contributed by atoms with Crippen molar-refractivity contribution in [2.45, 2.75) is 32.4 Å². The topological polar surface area (TPSA) is 65.3 Å². The van der Waals surface area contributed by atoms with Gasteiger partial charge in [0.1, 0.15) is 5.56 Å². The number of pyridine rings is 1. The average Bonchev–Trinajstić information content (AvgIpc) is 2.85. The van der Waals surface area contributed by atoms with Gasteiger partial charge in [-0.2, -0.15) is 4.57 Å². The molecule has 2 amide bonds.